The lowest BCUT2D eigenvalue weighted by Crippen LogP contribution is -2.52. The second-order valence-corrected chi connectivity index (χ2v) is 6.84. The van der Waals surface area contributed by atoms with E-state index >= 15 is 0 Å². The molecule has 2 aliphatic heterocycles. The van der Waals surface area contributed by atoms with Crippen molar-refractivity contribution in [3.05, 3.63) is 60.2 Å². The Bertz CT molecular complexity index is 771. The zero-order valence-electron chi connectivity index (χ0n) is 13.9. The number of hydrogen-bond donors (Lipinski definition) is 1. The Morgan fingerprint density at radius 1 is 1.12 bits per heavy atom. The summed E-state index contributed by atoms with van der Waals surface area (Å²) in [5.41, 5.74) is 1.42. The number of nitrogens with one attached hydrogen (secondary N) is 1. The monoisotopic (exact) mass is 336 g/mol. The van der Waals surface area contributed by atoms with E-state index in [-0.39, 0.29) is 23.3 Å². The molecule has 2 aromatic rings. The smallest absolute Gasteiger partial charge is 0.253 e. The van der Waals surface area contributed by atoms with Gasteiger partial charge in [-0.25, -0.2) is 0 Å². The molecule has 0 aliphatic carbocycles. The predicted octanol–water partition coefficient (Wildman–Crippen LogP) is 1.76. The van der Waals surface area contributed by atoms with Crippen LogP contribution in [-0.4, -0.2) is 45.3 Å². The fourth-order valence-electron chi connectivity index (χ4n) is 3.88. The van der Waals surface area contributed by atoms with Crippen molar-refractivity contribution in [2.24, 2.45) is 0 Å². The van der Waals surface area contributed by atoms with E-state index in [1.807, 2.05) is 17.0 Å². The van der Waals surface area contributed by atoms with Crippen LogP contribution in [0.1, 0.15) is 41.1 Å². The lowest BCUT2D eigenvalue weighted by atomic mass is 9.82. The second kappa shape index (κ2) is 6.27. The number of rotatable bonds is 2. The van der Waals surface area contributed by atoms with Crippen LogP contribution in [0.25, 0.3) is 0 Å². The first kappa shape index (κ1) is 15.7. The first-order valence-corrected chi connectivity index (χ1v) is 8.58. The van der Waals surface area contributed by atoms with Crippen molar-refractivity contribution in [2.45, 2.75) is 30.7 Å². The summed E-state index contributed by atoms with van der Waals surface area (Å²) in [6.07, 6.45) is 9.09. The summed E-state index contributed by atoms with van der Waals surface area (Å²) < 4.78 is 0. The third-order valence-electron chi connectivity index (χ3n) is 5.32. The molecule has 4 heterocycles. The third kappa shape index (κ3) is 2.99. The maximum absolute atomic E-state index is 12.6. The van der Waals surface area contributed by atoms with Crippen LogP contribution in [0.15, 0.2) is 49.1 Å². The quantitative estimate of drug-likeness (QED) is 0.907. The van der Waals surface area contributed by atoms with Gasteiger partial charge in [-0.3, -0.25) is 19.6 Å². The lowest BCUT2D eigenvalue weighted by molar-refractivity contribution is -0.121. The van der Waals surface area contributed by atoms with E-state index in [1.54, 1.807) is 36.9 Å². The van der Waals surface area contributed by atoms with Crippen LogP contribution in [-0.2, 0) is 4.79 Å². The molecule has 128 valence electrons. The van der Waals surface area contributed by atoms with Gasteiger partial charge < -0.3 is 10.2 Å². The number of piperidine rings is 1. The molecule has 6 nitrogen and oxygen atoms in total. The average molecular weight is 336 g/mol. The highest BCUT2D eigenvalue weighted by molar-refractivity contribution is 5.94. The topological polar surface area (TPSA) is 75.2 Å². The van der Waals surface area contributed by atoms with E-state index in [9.17, 15) is 9.59 Å². The van der Waals surface area contributed by atoms with Crippen LogP contribution in [0.3, 0.4) is 0 Å². The summed E-state index contributed by atoms with van der Waals surface area (Å²) in [5, 5.41) is 3.20. The largest absolute Gasteiger partial charge is 0.350 e. The number of hydrogen-bond acceptors (Lipinski definition) is 4. The highest BCUT2D eigenvalue weighted by Crippen LogP contribution is 2.39. The van der Waals surface area contributed by atoms with Gasteiger partial charge in [-0.2, -0.15) is 0 Å². The van der Waals surface area contributed by atoms with Crippen LogP contribution in [0.5, 0.6) is 0 Å². The Morgan fingerprint density at radius 2 is 1.88 bits per heavy atom. The molecule has 2 fully saturated rings. The molecule has 1 N–H and O–H groups in total. The number of carbonyl (C=O) groups excluding carboxylic acids is 2. The van der Waals surface area contributed by atoms with Gasteiger partial charge in [0, 0.05) is 49.0 Å². The molecule has 2 aliphatic rings. The van der Waals surface area contributed by atoms with Gasteiger partial charge in [0.05, 0.1) is 5.92 Å². The minimum absolute atomic E-state index is 0.0328. The highest BCUT2D eigenvalue weighted by atomic mass is 16.2. The SMILES string of the molecule is O=C1NC2(CCN(C(=O)c3ccncc3)CC2)C[C@@H]1c1cccnc1. The van der Waals surface area contributed by atoms with Crippen molar-refractivity contribution in [1.29, 1.82) is 0 Å². The van der Waals surface area contributed by atoms with Crippen LogP contribution < -0.4 is 5.32 Å². The van der Waals surface area contributed by atoms with Crippen molar-refractivity contribution in [3.63, 3.8) is 0 Å². The maximum atomic E-state index is 12.6. The van der Waals surface area contributed by atoms with Crippen LogP contribution in [0, 0.1) is 0 Å². The third-order valence-corrected chi connectivity index (χ3v) is 5.32. The molecular formula is C19H20N4O2. The Balaban J connectivity index is 1.43. The molecule has 0 radical (unpaired) electrons. The van der Waals surface area contributed by atoms with E-state index in [1.165, 1.54) is 0 Å². The van der Waals surface area contributed by atoms with E-state index in [2.05, 4.69) is 15.3 Å². The van der Waals surface area contributed by atoms with E-state index in [4.69, 9.17) is 0 Å². The molecule has 2 amide bonds. The summed E-state index contributed by atoms with van der Waals surface area (Å²) in [6.45, 7) is 1.31. The van der Waals surface area contributed by atoms with Gasteiger partial charge in [0.15, 0.2) is 0 Å². The first-order valence-electron chi connectivity index (χ1n) is 8.58. The summed E-state index contributed by atoms with van der Waals surface area (Å²) in [6, 6.07) is 7.30. The van der Waals surface area contributed by atoms with Gasteiger partial charge in [0.1, 0.15) is 0 Å². The van der Waals surface area contributed by atoms with Crippen molar-refractivity contribution in [3.8, 4) is 0 Å². The van der Waals surface area contributed by atoms with Crippen molar-refractivity contribution < 1.29 is 9.59 Å². The molecular weight excluding hydrogens is 316 g/mol. The van der Waals surface area contributed by atoms with Gasteiger partial charge in [-0.05, 0) is 43.0 Å². The molecule has 2 aromatic heterocycles. The van der Waals surface area contributed by atoms with Gasteiger partial charge in [-0.1, -0.05) is 6.07 Å². The highest BCUT2D eigenvalue weighted by Gasteiger charge is 2.46. The second-order valence-electron chi connectivity index (χ2n) is 6.84. The summed E-state index contributed by atoms with van der Waals surface area (Å²) >= 11 is 0. The van der Waals surface area contributed by atoms with Crippen LogP contribution in [0.4, 0.5) is 0 Å². The van der Waals surface area contributed by atoms with Gasteiger partial charge in [0.25, 0.3) is 5.91 Å². The Kier molecular flexibility index (Phi) is 3.95. The number of aromatic nitrogens is 2. The molecule has 0 aromatic carbocycles. The summed E-state index contributed by atoms with van der Waals surface area (Å²) in [7, 11) is 0. The van der Waals surface area contributed by atoms with E-state index in [0.717, 1.165) is 24.8 Å². The molecule has 0 unspecified atom stereocenters. The zero-order chi connectivity index (χ0) is 17.3. The maximum Gasteiger partial charge on any atom is 0.253 e. The number of pyridine rings is 2. The van der Waals surface area contributed by atoms with Gasteiger partial charge >= 0.3 is 0 Å². The molecule has 6 heteroatoms. The first-order chi connectivity index (χ1) is 12.2. The summed E-state index contributed by atoms with van der Waals surface area (Å²) in [5.74, 6) is -0.0385. The molecule has 1 spiro atoms. The minimum Gasteiger partial charge on any atom is -0.350 e. The van der Waals surface area contributed by atoms with Gasteiger partial charge in [-0.15, -0.1) is 0 Å². The molecule has 1 atom stereocenters. The van der Waals surface area contributed by atoms with E-state index < -0.39 is 0 Å². The molecule has 2 saturated heterocycles. The number of nitrogens with zero attached hydrogens (tertiary/aromatic N) is 3. The van der Waals surface area contributed by atoms with Crippen molar-refractivity contribution in [1.82, 2.24) is 20.2 Å². The average Bonchev–Trinajstić information content (AvgIpc) is 2.99. The molecule has 4 rings (SSSR count). The number of carbonyl (C=O) groups is 2. The normalized spacial score (nSPS) is 22.0. The standard InChI is InChI=1S/C19H20N4O2/c24-17-16(15-2-1-7-21-13-15)12-19(22-17)5-10-23(11-6-19)18(25)14-3-8-20-9-4-14/h1-4,7-9,13,16H,5-6,10-12H2,(H,22,24)/t16-/m1/s1. The molecule has 25 heavy (non-hydrogen) atoms. The predicted molar refractivity (Wildman–Crippen MR) is 91.8 cm³/mol. The van der Waals surface area contributed by atoms with E-state index in [0.29, 0.717) is 18.7 Å². The Morgan fingerprint density at radius 3 is 2.56 bits per heavy atom. The number of likely N-dealkylation sites (tertiary alicyclic amines) is 1. The summed E-state index contributed by atoms with van der Waals surface area (Å²) in [4.78, 5) is 35.0. The van der Waals surface area contributed by atoms with Crippen LogP contribution >= 0.6 is 0 Å². The lowest BCUT2D eigenvalue weighted by Gasteiger charge is -2.39. The fraction of sp³-hybridized carbons (Fsp3) is 0.368. The van der Waals surface area contributed by atoms with Crippen LogP contribution in [0.2, 0.25) is 0 Å². The zero-order valence-corrected chi connectivity index (χ0v) is 13.9. The minimum atomic E-state index is -0.202. The Labute approximate surface area is 146 Å². The fourth-order valence-corrected chi connectivity index (χ4v) is 3.88. The van der Waals surface area contributed by atoms with Gasteiger partial charge in [0.2, 0.25) is 5.91 Å². The Hall–Kier alpha value is -2.76. The molecule has 0 saturated carbocycles. The van der Waals surface area contributed by atoms with Crippen molar-refractivity contribution >= 4 is 11.8 Å². The van der Waals surface area contributed by atoms with Crippen molar-refractivity contribution in [2.75, 3.05) is 13.1 Å². The molecule has 0 bridgehead atoms. The number of amides is 2.